The lowest BCUT2D eigenvalue weighted by Crippen LogP contribution is -2.50. The SMILES string of the molecule is O=C(c1ccc(F)cc1)N1CCN(S(=O)(=O)c2sccc2Cl)CC1. The number of amides is 1. The first-order valence-corrected chi connectivity index (χ1v) is 9.87. The summed E-state index contributed by atoms with van der Waals surface area (Å²) in [5.74, 6) is -0.642. The molecule has 24 heavy (non-hydrogen) atoms. The molecule has 0 N–H and O–H groups in total. The topological polar surface area (TPSA) is 57.7 Å². The average Bonchev–Trinajstić information content (AvgIpc) is 3.02. The van der Waals surface area contributed by atoms with E-state index >= 15 is 0 Å². The summed E-state index contributed by atoms with van der Waals surface area (Å²) in [7, 11) is -3.64. The molecule has 0 atom stereocenters. The predicted molar refractivity (Wildman–Crippen MR) is 90.4 cm³/mol. The van der Waals surface area contributed by atoms with Crippen LogP contribution < -0.4 is 0 Å². The van der Waals surface area contributed by atoms with E-state index in [1.165, 1.54) is 28.6 Å². The fourth-order valence-corrected chi connectivity index (χ4v) is 5.72. The molecule has 1 aliphatic rings. The Balaban J connectivity index is 1.69. The number of nitrogens with zero attached hydrogens (tertiary/aromatic N) is 2. The highest BCUT2D eigenvalue weighted by atomic mass is 35.5. The Morgan fingerprint density at radius 1 is 1.08 bits per heavy atom. The smallest absolute Gasteiger partial charge is 0.254 e. The highest BCUT2D eigenvalue weighted by molar-refractivity contribution is 7.91. The fourth-order valence-electron chi connectivity index (χ4n) is 2.49. The van der Waals surface area contributed by atoms with Crippen LogP contribution in [0.4, 0.5) is 4.39 Å². The highest BCUT2D eigenvalue weighted by Crippen LogP contribution is 2.30. The molecule has 0 radical (unpaired) electrons. The second kappa shape index (κ2) is 6.79. The van der Waals surface area contributed by atoms with Crippen LogP contribution in [0.3, 0.4) is 0 Å². The van der Waals surface area contributed by atoms with Gasteiger partial charge in [0.1, 0.15) is 5.82 Å². The Morgan fingerprint density at radius 3 is 2.25 bits per heavy atom. The molecule has 0 bridgehead atoms. The Morgan fingerprint density at radius 2 is 1.71 bits per heavy atom. The molecule has 1 aromatic carbocycles. The summed E-state index contributed by atoms with van der Waals surface area (Å²) in [6.07, 6.45) is 0. The lowest BCUT2D eigenvalue weighted by molar-refractivity contribution is 0.0698. The van der Waals surface area contributed by atoms with Gasteiger partial charge in [-0.2, -0.15) is 4.31 Å². The van der Waals surface area contributed by atoms with Crippen LogP contribution in [-0.2, 0) is 10.0 Å². The number of carbonyl (C=O) groups excluding carboxylic acids is 1. The first-order chi connectivity index (χ1) is 11.4. The molecular formula is C15H14ClFN2O3S2. The molecule has 2 heterocycles. The van der Waals surface area contributed by atoms with Crippen LogP contribution in [0.2, 0.25) is 5.02 Å². The molecule has 5 nitrogen and oxygen atoms in total. The number of carbonyl (C=O) groups is 1. The summed E-state index contributed by atoms with van der Waals surface area (Å²) in [6.45, 7) is 0.948. The van der Waals surface area contributed by atoms with Crippen LogP contribution in [-0.4, -0.2) is 49.7 Å². The van der Waals surface area contributed by atoms with E-state index < -0.39 is 15.8 Å². The van der Waals surface area contributed by atoms with Gasteiger partial charge in [0.15, 0.2) is 4.21 Å². The normalized spacial score (nSPS) is 16.3. The Hall–Kier alpha value is -1.48. The van der Waals surface area contributed by atoms with Crippen molar-refractivity contribution in [2.45, 2.75) is 4.21 Å². The van der Waals surface area contributed by atoms with Crippen LogP contribution in [0.15, 0.2) is 39.9 Å². The molecule has 1 aromatic heterocycles. The molecule has 1 aliphatic heterocycles. The monoisotopic (exact) mass is 388 g/mol. The van der Waals surface area contributed by atoms with Crippen LogP contribution in [0.25, 0.3) is 0 Å². The third-order valence-electron chi connectivity index (χ3n) is 3.78. The highest BCUT2D eigenvalue weighted by Gasteiger charge is 2.32. The minimum absolute atomic E-state index is 0.127. The van der Waals surface area contributed by atoms with Gasteiger partial charge in [0.05, 0.1) is 5.02 Å². The van der Waals surface area contributed by atoms with Crippen molar-refractivity contribution in [1.82, 2.24) is 9.21 Å². The zero-order valence-corrected chi connectivity index (χ0v) is 14.9. The molecule has 3 rings (SSSR count). The summed E-state index contributed by atoms with van der Waals surface area (Å²) in [4.78, 5) is 13.9. The van der Waals surface area contributed by atoms with Crippen molar-refractivity contribution in [1.29, 1.82) is 0 Å². The largest absolute Gasteiger partial charge is 0.336 e. The lowest BCUT2D eigenvalue weighted by atomic mass is 10.2. The van der Waals surface area contributed by atoms with Gasteiger partial charge >= 0.3 is 0 Å². The third kappa shape index (κ3) is 3.32. The summed E-state index contributed by atoms with van der Waals surface area (Å²) < 4.78 is 39.5. The van der Waals surface area contributed by atoms with E-state index in [1.54, 1.807) is 16.3 Å². The maximum atomic E-state index is 12.9. The number of halogens is 2. The zero-order valence-electron chi connectivity index (χ0n) is 12.5. The van der Waals surface area contributed by atoms with Crippen molar-refractivity contribution in [3.8, 4) is 0 Å². The van der Waals surface area contributed by atoms with Crippen molar-refractivity contribution in [2.75, 3.05) is 26.2 Å². The fraction of sp³-hybridized carbons (Fsp3) is 0.267. The van der Waals surface area contributed by atoms with Crippen LogP contribution in [0.1, 0.15) is 10.4 Å². The predicted octanol–water partition coefficient (Wildman–Crippen LogP) is 2.69. The second-order valence-corrected chi connectivity index (χ2v) is 8.72. The van der Waals surface area contributed by atoms with Gasteiger partial charge in [0.25, 0.3) is 15.9 Å². The maximum absolute atomic E-state index is 12.9. The Labute approximate surface area is 148 Å². The van der Waals surface area contributed by atoms with E-state index in [4.69, 9.17) is 11.6 Å². The Kier molecular flexibility index (Phi) is 4.91. The number of rotatable bonds is 3. The van der Waals surface area contributed by atoms with E-state index in [1.807, 2.05) is 0 Å². The zero-order chi connectivity index (χ0) is 17.3. The lowest BCUT2D eigenvalue weighted by Gasteiger charge is -2.33. The van der Waals surface area contributed by atoms with Crippen LogP contribution in [0, 0.1) is 5.82 Å². The molecule has 2 aromatic rings. The molecule has 0 saturated carbocycles. The molecule has 0 spiro atoms. The van der Waals surface area contributed by atoms with Gasteiger partial charge in [-0.05, 0) is 35.7 Å². The van der Waals surface area contributed by atoms with Crippen molar-refractivity contribution in [2.24, 2.45) is 0 Å². The first-order valence-electron chi connectivity index (χ1n) is 7.17. The molecule has 1 saturated heterocycles. The first kappa shape index (κ1) is 17.3. The van der Waals surface area contributed by atoms with Crippen molar-refractivity contribution >= 4 is 38.9 Å². The number of thiophene rings is 1. The number of benzene rings is 1. The summed E-state index contributed by atoms with van der Waals surface area (Å²) >= 11 is 7.00. The second-order valence-electron chi connectivity index (χ2n) is 5.26. The van der Waals surface area contributed by atoms with Gasteiger partial charge in [-0.1, -0.05) is 11.6 Å². The van der Waals surface area contributed by atoms with E-state index in [0.29, 0.717) is 5.56 Å². The molecule has 1 fully saturated rings. The van der Waals surface area contributed by atoms with Gasteiger partial charge < -0.3 is 4.90 Å². The molecule has 0 unspecified atom stereocenters. The summed E-state index contributed by atoms with van der Waals surface area (Å²) in [6, 6.07) is 6.85. The van der Waals surface area contributed by atoms with Gasteiger partial charge in [0, 0.05) is 31.7 Å². The number of hydrogen-bond donors (Lipinski definition) is 0. The summed E-state index contributed by atoms with van der Waals surface area (Å²) in [5.41, 5.74) is 0.383. The van der Waals surface area contributed by atoms with Gasteiger partial charge in [-0.15, -0.1) is 11.3 Å². The molecule has 0 aliphatic carbocycles. The van der Waals surface area contributed by atoms with E-state index in [2.05, 4.69) is 0 Å². The molecule has 9 heteroatoms. The van der Waals surface area contributed by atoms with Crippen LogP contribution in [0.5, 0.6) is 0 Å². The Bertz CT molecular complexity index is 844. The van der Waals surface area contributed by atoms with Gasteiger partial charge in [-0.25, -0.2) is 12.8 Å². The van der Waals surface area contributed by atoms with E-state index in [-0.39, 0.29) is 41.3 Å². The van der Waals surface area contributed by atoms with E-state index in [9.17, 15) is 17.6 Å². The average molecular weight is 389 g/mol. The quantitative estimate of drug-likeness (QED) is 0.812. The van der Waals surface area contributed by atoms with Crippen molar-refractivity contribution in [3.63, 3.8) is 0 Å². The van der Waals surface area contributed by atoms with Crippen LogP contribution >= 0.6 is 22.9 Å². The maximum Gasteiger partial charge on any atom is 0.254 e. The number of piperazine rings is 1. The van der Waals surface area contributed by atoms with Crippen molar-refractivity contribution < 1.29 is 17.6 Å². The molecule has 1 amide bonds. The molecule has 128 valence electrons. The van der Waals surface area contributed by atoms with Gasteiger partial charge in [-0.3, -0.25) is 4.79 Å². The van der Waals surface area contributed by atoms with Crippen molar-refractivity contribution in [3.05, 3.63) is 52.1 Å². The number of sulfonamides is 1. The van der Waals surface area contributed by atoms with E-state index in [0.717, 1.165) is 11.3 Å². The van der Waals surface area contributed by atoms with Gasteiger partial charge in [0.2, 0.25) is 0 Å². The standard InChI is InChI=1S/C15H14ClFN2O3S2/c16-13-5-10-23-15(13)24(21,22)19-8-6-18(7-9-19)14(20)11-1-3-12(17)4-2-11/h1-5,10H,6-9H2. The third-order valence-corrected chi connectivity index (χ3v) is 7.67. The summed E-state index contributed by atoms with van der Waals surface area (Å²) in [5, 5.41) is 1.84. The number of hydrogen-bond acceptors (Lipinski definition) is 4. The molecular weight excluding hydrogens is 375 g/mol. The minimum Gasteiger partial charge on any atom is -0.336 e. The minimum atomic E-state index is -3.64.